The van der Waals surface area contributed by atoms with E-state index in [1.165, 1.54) is 44.9 Å². The summed E-state index contributed by atoms with van der Waals surface area (Å²) in [4.78, 5) is 2.44. The van der Waals surface area contributed by atoms with Gasteiger partial charge < -0.3 is 15.0 Å². The number of rotatable bonds is 4. The van der Waals surface area contributed by atoms with Crippen LogP contribution in [0.2, 0.25) is 0 Å². The minimum absolute atomic E-state index is 0.424. The van der Waals surface area contributed by atoms with E-state index < -0.39 is 0 Å². The lowest BCUT2D eigenvalue weighted by atomic mass is 9.95. The monoisotopic (exact) mass is 240 g/mol. The first-order valence-electron chi connectivity index (χ1n) is 7.21. The van der Waals surface area contributed by atoms with Crippen LogP contribution in [-0.4, -0.2) is 50.3 Å². The molecule has 100 valence electrons. The van der Waals surface area contributed by atoms with Gasteiger partial charge in [-0.3, -0.25) is 0 Å². The number of nitrogens with zero attached hydrogens (tertiary/aromatic N) is 1. The zero-order valence-electron chi connectivity index (χ0n) is 11.5. The van der Waals surface area contributed by atoms with Gasteiger partial charge in [0.05, 0.1) is 0 Å². The largest absolute Gasteiger partial charge is 0.381 e. The Bertz CT molecular complexity index is 216. The molecule has 1 saturated carbocycles. The van der Waals surface area contributed by atoms with Crippen LogP contribution < -0.4 is 5.32 Å². The molecule has 0 radical (unpaired) electrons. The maximum Gasteiger partial charge on any atom is 0.0480 e. The van der Waals surface area contributed by atoms with Crippen molar-refractivity contribution in [2.45, 2.75) is 56.5 Å². The van der Waals surface area contributed by atoms with Crippen molar-refractivity contribution in [2.75, 3.05) is 33.9 Å². The van der Waals surface area contributed by atoms with E-state index in [4.69, 9.17) is 4.74 Å². The van der Waals surface area contributed by atoms with Crippen molar-refractivity contribution in [3.63, 3.8) is 0 Å². The van der Waals surface area contributed by atoms with Crippen LogP contribution in [0.1, 0.15) is 44.9 Å². The van der Waals surface area contributed by atoms with Crippen molar-refractivity contribution in [2.24, 2.45) is 0 Å². The number of hydrogen-bond acceptors (Lipinski definition) is 3. The average molecular weight is 240 g/mol. The SMILES string of the molecule is CN(C)C1(CNC2CCCOCC2)CCCC1. The Morgan fingerprint density at radius 3 is 2.59 bits per heavy atom. The molecule has 1 atom stereocenters. The molecule has 0 amide bonds. The van der Waals surface area contributed by atoms with E-state index in [1.807, 2.05) is 0 Å². The van der Waals surface area contributed by atoms with Crippen LogP contribution in [0.3, 0.4) is 0 Å². The summed E-state index contributed by atoms with van der Waals surface area (Å²) in [6, 6.07) is 0.676. The van der Waals surface area contributed by atoms with E-state index in [0.29, 0.717) is 11.6 Å². The highest BCUT2D eigenvalue weighted by atomic mass is 16.5. The third kappa shape index (κ3) is 3.43. The van der Waals surface area contributed by atoms with Crippen molar-refractivity contribution in [3.05, 3.63) is 0 Å². The van der Waals surface area contributed by atoms with E-state index in [9.17, 15) is 0 Å². The number of likely N-dealkylation sites (N-methyl/N-ethyl adjacent to an activating group) is 1. The fourth-order valence-corrected chi connectivity index (χ4v) is 3.26. The summed E-state index contributed by atoms with van der Waals surface area (Å²) in [5.41, 5.74) is 0.424. The Kier molecular flexibility index (Phi) is 4.83. The molecule has 0 bridgehead atoms. The van der Waals surface area contributed by atoms with Crippen molar-refractivity contribution in [3.8, 4) is 0 Å². The molecule has 0 aromatic rings. The van der Waals surface area contributed by atoms with Crippen LogP contribution in [0.25, 0.3) is 0 Å². The van der Waals surface area contributed by atoms with Crippen LogP contribution in [0, 0.1) is 0 Å². The molecule has 0 aromatic carbocycles. The van der Waals surface area contributed by atoms with Gasteiger partial charge >= 0.3 is 0 Å². The molecule has 1 aliphatic heterocycles. The quantitative estimate of drug-likeness (QED) is 0.813. The minimum atomic E-state index is 0.424. The summed E-state index contributed by atoms with van der Waals surface area (Å²) in [6.07, 6.45) is 9.19. The zero-order chi connectivity index (χ0) is 12.1. The molecular formula is C14H28N2O. The van der Waals surface area contributed by atoms with E-state index in [-0.39, 0.29) is 0 Å². The Hall–Kier alpha value is -0.120. The van der Waals surface area contributed by atoms with Gasteiger partial charge in [0, 0.05) is 31.3 Å². The number of nitrogens with one attached hydrogen (secondary N) is 1. The molecule has 1 N–H and O–H groups in total. The standard InChI is InChI=1S/C14H28N2O/c1-16(2)14(8-3-4-9-14)12-15-13-6-5-10-17-11-7-13/h13,15H,3-12H2,1-2H3. The van der Waals surface area contributed by atoms with Crippen LogP contribution in [0.4, 0.5) is 0 Å². The first-order chi connectivity index (χ1) is 8.23. The third-order valence-electron chi connectivity index (χ3n) is 4.65. The minimum Gasteiger partial charge on any atom is -0.381 e. The van der Waals surface area contributed by atoms with Crippen molar-refractivity contribution in [1.29, 1.82) is 0 Å². The highest BCUT2D eigenvalue weighted by molar-refractivity contribution is 4.95. The highest BCUT2D eigenvalue weighted by Crippen LogP contribution is 2.33. The van der Waals surface area contributed by atoms with Gasteiger partial charge in [0.1, 0.15) is 0 Å². The van der Waals surface area contributed by atoms with Gasteiger partial charge in [0.25, 0.3) is 0 Å². The Morgan fingerprint density at radius 2 is 1.88 bits per heavy atom. The lowest BCUT2D eigenvalue weighted by Crippen LogP contribution is -2.51. The number of ether oxygens (including phenoxy) is 1. The Morgan fingerprint density at radius 1 is 1.12 bits per heavy atom. The molecule has 2 rings (SSSR count). The Labute approximate surface area is 106 Å². The molecule has 2 aliphatic rings. The fraction of sp³-hybridized carbons (Fsp3) is 1.00. The van der Waals surface area contributed by atoms with E-state index in [1.54, 1.807) is 0 Å². The molecular weight excluding hydrogens is 212 g/mol. The predicted octanol–water partition coefficient (Wildman–Crippen LogP) is 2.02. The first kappa shape index (κ1) is 13.3. The fourth-order valence-electron chi connectivity index (χ4n) is 3.26. The lowest BCUT2D eigenvalue weighted by Gasteiger charge is -2.38. The zero-order valence-corrected chi connectivity index (χ0v) is 11.5. The van der Waals surface area contributed by atoms with Crippen molar-refractivity contribution in [1.82, 2.24) is 10.2 Å². The lowest BCUT2D eigenvalue weighted by molar-refractivity contribution is 0.136. The molecule has 0 aromatic heterocycles. The summed E-state index contributed by atoms with van der Waals surface area (Å²) < 4.78 is 5.52. The van der Waals surface area contributed by atoms with Gasteiger partial charge in [-0.25, -0.2) is 0 Å². The summed E-state index contributed by atoms with van der Waals surface area (Å²) in [5.74, 6) is 0. The summed E-state index contributed by atoms with van der Waals surface area (Å²) in [6.45, 7) is 3.05. The van der Waals surface area contributed by atoms with E-state index in [0.717, 1.165) is 19.8 Å². The predicted molar refractivity (Wildman–Crippen MR) is 71.3 cm³/mol. The summed E-state index contributed by atoms with van der Waals surface area (Å²) in [5, 5.41) is 3.80. The molecule has 3 nitrogen and oxygen atoms in total. The van der Waals surface area contributed by atoms with Crippen LogP contribution >= 0.6 is 0 Å². The molecule has 17 heavy (non-hydrogen) atoms. The molecule has 2 fully saturated rings. The van der Waals surface area contributed by atoms with Crippen LogP contribution in [0.5, 0.6) is 0 Å². The molecule has 1 saturated heterocycles. The van der Waals surface area contributed by atoms with Crippen LogP contribution in [-0.2, 0) is 4.74 Å². The normalized spacial score (nSPS) is 29.5. The molecule has 0 spiro atoms. The van der Waals surface area contributed by atoms with Gasteiger partial charge in [0.2, 0.25) is 0 Å². The van der Waals surface area contributed by atoms with E-state index in [2.05, 4.69) is 24.3 Å². The van der Waals surface area contributed by atoms with Crippen LogP contribution in [0.15, 0.2) is 0 Å². The third-order valence-corrected chi connectivity index (χ3v) is 4.65. The molecule has 1 unspecified atom stereocenters. The maximum atomic E-state index is 5.52. The summed E-state index contributed by atoms with van der Waals surface area (Å²) >= 11 is 0. The smallest absolute Gasteiger partial charge is 0.0480 e. The van der Waals surface area contributed by atoms with Crippen molar-refractivity contribution >= 4 is 0 Å². The van der Waals surface area contributed by atoms with Gasteiger partial charge in [0.15, 0.2) is 0 Å². The highest BCUT2D eigenvalue weighted by Gasteiger charge is 2.36. The number of hydrogen-bond donors (Lipinski definition) is 1. The summed E-state index contributed by atoms with van der Waals surface area (Å²) in [7, 11) is 4.48. The van der Waals surface area contributed by atoms with Crippen molar-refractivity contribution < 1.29 is 4.74 Å². The molecule has 3 heteroatoms. The second-order valence-corrected chi connectivity index (χ2v) is 5.95. The van der Waals surface area contributed by atoms with Gasteiger partial charge in [-0.1, -0.05) is 12.8 Å². The average Bonchev–Trinajstić information content (AvgIpc) is 2.65. The maximum absolute atomic E-state index is 5.52. The molecule has 1 aliphatic carbocycles. The first-order valence-corrected chi connectivity index (χ1v) is 7.21. The second-order valence-electron chi connectivity index (χ2n) is 5.95. The topological polar surface area (TPSA) is 24.5 Å². The van der Waals surface area contributed by atoms with Gasteiger partial charge in [-0.2, -0.15) is 0 Å². The molecule has 1 heterocycles. The Balaban J connectivity index is 1.82. The second kappa shape index (κ2) is 6.17. The van der Waals surface area contributed by atoms with Gasteiger partial charge in [-0.05, 0) is 46.2 Å². The van der Waals surface area contributed by atoms with Gasteiger partial charge in [-0.15, -0.1) is 0 Å². The van der Waals surface area contributed by atoms with E-state index >= 15 is 0 Å².